The van der Waals surface area contributed by atoms with Gasteiger partial charge >= 0.3 is 0 Å². The van der Waals surface area contributed by atoms with E-state index in [-0.39, 0.29) is 17.6 Å². The molecule has 7 heteroatoms. The molecule has 0 radical (unpaired) electrons. The van der Waals surface area contributed by atoms with Crippen LogP contribution in [-0.4, -0.2) is 22.8 Å². The Morgan fingerprint density at radius 3 is 2.63 bits per heavy atom. The summed E-state index contributed by atoms with van der Waals surface area (Å²) in [5.74, 6) is -0.688. The van der Waals surface area contributed by atoms with Crippen molar-refractivity contribution in [3.8, 4) is 21.8 Å². The maximum atomic E-state index is 14.0. The third kappa shape index (κ3) is 3.59. The molecule has 5 nitrogen and oxygen atoms in total. The number of para-hydroxylation sites is 1. The van der Waals surface area contributed by atoms with E-state index in [0.29, 0.717) is 34.8 Å². The van der Waals surface area contributed by atoms with Crippen LogP contribution in [0.2, 0.25) is 0 Å². The number of carbonyl (C=O) groups excluding carboxylic acids is 2. The largest absolute Gasteiger partial charge is 0.344 e. The van der Waals surface area contributed by atoms with Gasteiger partial charge in [-0.2, -0.15) is 0 Å². The van der Waals surface area contributed by atoms with Crippen LogP contribution in [0.5, 0.6) is 0 Å². The minimum Gasteiger partial charge on any atom is -0.344 e. The van der Waals surface area contributed by atoms with Crippen molar-refractivity contribution >= 4 is 28.8 Å². The molecule has 1 aliphatic rings. The summed E-state index contributed by atoms with van der Waals surface area (Å²) < 4.78 is 14.0. The van der Waals surface area contributed by atoms with Gasteiger partial charge in [0.15, 0.2) is 0 Å². The molecule has 2 heterocycles. The number of hydrogen-bond acceptors (Lipinski definition) is 4. The van der Waals surface area contributed by atoms with E-state index in [1.807, 2.05) is 23.6 Å². The summed E-state index contributed by atoms with van der Waals surface area (Å²) in [6.45, 7) is 0. The van der Waals surface area contributed by atoms with Crippen molar-refractivity contribution in [2.75, 3.05) is 5.32 Å². The molecular formula is C20H16FN3O2S. The van der Waals surface area contributed by atoms with Crippen LogP contribution in [0.25, 0.3) is 21.8 Å². The van der Waals surface area contributed by atoms with Crippen LogP contribution in [0.3, 0.4) is 0 Å². The van der Waals surface area contributed by atoms with Gasteiger partial charge in [-0.3, -0.25) is 9.59 Å². The number of rotatable bonds is 4. The number of hydrogen-bond donors (Lipinski definition) is 2. The molecule has 1 aliphatic heterocycles. The number of thiazole rings is 1. The number of nitrogens with zero attached hydrogens (tertiary/aromatic N) is 1. The SMILES string of the molecule is O=C1CCC(C(=O)Nc2ccccc2-c2csc(-c3ccccc3F)n2)N1. The van der Waals surface area contributed by atoms with Crippen LogP contribution in [0, 0.1) is 5.82 Å². The smallest absolute Gasteiger partial charge is 0.246 e. The van der Waals surface area contributed by atoms with E-state index in [4.69, 9.17) is 0 Å². The van der Waals surface area contributed by atoms with Crippen molar-refractivity contribution in [2.24, 2.45) is 0 Å². The highest BCUT2D eigenvalue weighted by Crippen LogP contribution is 2.33. The summed E-state index contributed by atoms with van der Waals surface area (Å²) in [7, 11) is 0. The molecule has 1 fully saturated rings. The van der Waals surface area contributed by atoms with Gasteiger partial charge < -0.3 is 10.6 Å². The molecule has 2 N–H and O–H groups in total. The van der Waals surface area contributed by atoms with E-state index < -0.39 is 6.04 Å². The second-order valence-electron chi connectivity index (χ2n) is 6.21. The summed E-state index contributed by atoms with van der Waals surface area (Å²) in [6.07, 6.45) is 0.846. The molecule has 2 amide bonds. The lowest BCUT2D eigenvalue weighted by Crippen LogP contribution is -2.37. The average molecular weight is 381 g/mol. The standard InChI is InChI=1S/C20H16FN3O2S/c21-14-7-3-1-5-12(14)20-24-17(11-27-20)13-6-2-4-8-15(13)23-19(26)16-9-10-18(25)22-16/h1-8,11,16H,9-10H2,(H,22,25)(H,23,26). The Kier molecular flexibility index (Phi) is 4.68. The highest BCUT2D eigenvalue weighted by Gasteiger charge is 2.27. The molecule has 136 valence electrons. The molecule has 4 rings (SSSR count). The van der Waals surface area contributed by atoms with Gasteiger partial charge in [-0.25, -0.2) is 9.37 Å². The maximum Gasteiger partial charge on any atom is 0.246 e. The fraction of sp³-hybridized carbons (Fsp3) is 0.150. The van der Waals surface area contributed by atoms with Gasteiger partial charge in [0.1, 0.15) is 16.9 Å². The molecule has 1 unspecified atom stereocenters. The quantitative estimate of drug-likeness (QED) is 0.721. The van der Waals surface area contributed by atoms with E-state index in [0.717, 1.165) is 5.56 Å². The fourth-order valence-electron chi connectivity index (χ4n) is 3.00. The van der Waals surface area contributed by atoms with E-state index in [1.54, 1.807) is 24.3 Å². The monoisotopic (exact) mass is 381 g/mol. The van der Waals surface area contributed by atoms with Crippen molar-refractivity contribution in [3.63, 3.8) is 0 Å². The zero-order chi connectivity index (χ0) is 18.8. The minimum atomic E-state index is -0.519. The lowest BCUT2D eigenvalue weighted by molar-refractivity contribution is -0.122. The Balaban J connectivity index is 1.61. The summed E-state index contributed by atoms with van der Waals surface area (Å²) in [5, 5.41) is 7.94. The minimum absolute atomic E-state index is 0.113. The van der Waals surface area contributed by atoms with Crippen molar-refractivity contribution in [2.45, 2.75) is 18.9 Å². The van der Waals surface area contributed by atoms with Crippen LogP contribution < -0.4 is 10.6 Å². The highest BCUT2D eigenvalue weighted by molar-refractivity contribution is 7.13. The summed E-state index contributed by atoms with van der Waals surface area (Å²) >= 11 is 1.34. The molecule has 0 saturated carbocycles. The third-order valence-electron chi connectivity index (χ3n) is 4.38. The molecule has 0 bridgehead atoms. The number of nitrogens with one attached hydrogen (secondary N) is 2. The zero-order valence-electron chi connectivity index (χ0n) is 14.2. The summed E-state index contributed by atoms with van der Waals surface area (Å²) in [6, 6.07) is 13.3. The van der Waals surface area contributed by atoms with Crippen molar-refractivity contribution < 1.29 is 14.0 Å². The van der Waals surface area contributed by atoms with Crippen LogP contribution in [0.1, 0.15) is 12.8 Å². The number of aromatic nitrogens is 1. The van der Waals surface area contributed by atoms with Gasteiger partial charge in [0.25, 0.3) is 0 Å². The van der Waals surface area contributed by atoms with Gasteiger partial charge in [0.2, 0.25) is 11.8 Å². The number of halogens is 1. The molecule has 1 saturated heterocycles. The molecule has 27 heavy (non-hydrogen) atoms. The average Bonchev–Trinajstić information content (AvgIpc) is 3.32. The van der Waals surface area contributed by atoms with Gasteiger partial charge in [-0.15, -0.1) is 11.3 Å². The molecule has 1 aromatic heterocycles. The first-order chi connectivity index (χ1) is 13.1. The van der Waals surface area contributed by atoms with Crippen molar-refractivity contribution in [1.82, 2.24) is 10.3 Å². The first-order valence-electron chi connectivity index (χ1n) is 8.52. The Morgan fingerprint density at radius 2 is 1.89 bits per heavy atom. The van der Waals surface area contributed by atoms with E-state index >= 15 is 0 Å². The first kappa shape index (κ1) is 17.4. The Hall–Kier alpha value is -3.06. The van der Waals surface area contributed by atoms with Gasteiger partial charge in [0.05, 0.1) is 11.4 Å². The van der Waals surface area contributed by atoms with E-state index in [1.165, 1.54) is 17.4 Å². The molecule has 3 aromatic rings. The van der Waals surface area contributed by atoms with Gasteiger partial charge in [-0.1, -0.05) is 30.3 Å². The van der Waals surface area contributed by atoms with Gasteiger partial charge in [-0.05, 0) is 24.6 Å². The van der Waals surface area contributed by atoms with E-state index in [2.05, 4.69) is 15.6 Å². The second-order valence-corrected chi connectivity index (χ2v) is 7.07. The number of benzene rings is 2. The maximum absolute atomic E-state index is 14.0. The molecule has 1 atom stereocenters. The lowest BCUT2D eigenvalue weighted by Gasteiger charge is -2.13. The zero-order valence-corrected chi connectivity index (χ0v) is 15.1. The highest BCUT2D eigenvalue weighted by atomic mass is 32.1. The molecular weight excluding hydrogens is 365 g/mol. The molecule has 2 aromatic carbocycles. The molecule has 0 aliphatic carbocycles. The summed E-state index contributed by atoms with van der Waals surface area (Å²) in [4.78, 5) is 28.3. The van der Waals surface area contributed by atoms with Crippen LogP contribution >= 0.6 is 11.3 Å². The first-order valence-corrected chi connectivity index (χ1v) is 9.40. The Labute approximate surface area is 159 Å². The van der Waals surface area contributed by atoms with Crippen molar-refractivity contribution in [3.05, 3.63) is 59.7 Å². The van der Waals surface area contributed by atoms with E-state index in [9.17, 15) is 14.0 Å². The number of carbonyl (C=O) groups is 2. The Morgan fingerprint density at radius 1 is 1.15 bits per heavy atom. The van der Waals surface area contributed by atoms with Gasteiger partial charge in [0, 0.05) is 22.9 Å². The van der Waals surface area contributed by atoms with Crippen LogP contribution in [-0.2, 0) is 9.59 Å². The van der Waals surface area contributed by atoms with Crippen LogP contribution in [0.4, 0.5) is 10.1 Å². The van der Waals surface area contributed by atoms with Crippen molar-refractivity contribution in [1.29, 1.82) is 0 Å². The fourth-order valence-corrected chi connectivity index (χ4v) is 3.85. The van der Waals surface area contributed by atoms with Crippen LogP contribution in [0.15, 0.2) is 53.9 Å². The predicted molar refractivity (Wildman–Crippen MR) is 103 cm³/mol. The topological polar surface area (TPSA) is 71.1 Å². The molecule has 0 spiro atoms. The number of amides is 2. The predicted octanol–water partition coefficient (Wildman–Crippen LogP) is 3.83. The number of anilines is 1. The Bertz CT molecular complexity index is 1020. The summed E-state index contributed by atoms with van der Waals surface area (Å²) in [5.41, 5.74) is 2.46. The normalized spacial score (nSPS) is 16.2. The third-order valence-corrected chi connectivity index (χ3v) is 5.26. The second kappa shape index (κ2) is 7.28. The lowest BCUT2D eigenvalue weighted by atomic mass is 10.1.